The first-order valence-electron chi connectivity index (χ1n) is 6.07. The Morgan fingerprint density at radius 3 is 2.83 bits per heavy atom. The highest BCUT2D eigenvalue weighted by Gasteiger charge is 2.07. The summed E-state index contributed by atoms with van der Waals surface area (Å²) in [6.45, 7) is 3.14. The van der Waals surface area contributed by atoms with E-state index in [9.17, 15) is 0 Å². The lowest BCUT2D eigenvalue weighted by atomic mass is 10.2. The van der Waals surface area contributed by atoms with E-state index >= 15 is 0 Å². The average molecular weight is 279 g/mol. The Balaban J connectivity index is 1.81. The number of nitrogens with one attached hydrogen (secondary N) is 1. The van der Waals surface area contributed by atoms with Crippen molar-refractivity contribution in [2.75, 3.05) is 11.9 Å². The first kappa shape index (κ1) is 13.4. The van der Waals surface area contributed by atoms with E-state index < -0.39 is 0 Å². The first-order chi connectivity index (χ1) is 8.90. The predicted molar refractivity (Wildman–Crippen MR) is 80.1 cm³/mol. The minimum absolute atomic E-state index is 0.914. The quantitative estimate of drug-likeness (QED) is 0.836. The maximum atomic E-state index is 4.19. The molecule has 96 valence electrons. The standard InChI is InChI=1S/C13H17N3S2/c1-2-8-14-13-12(15-16-18-13)10-17-9-11-6-4-3-5-7-11/h3-7,14H,2,8-10H2,1H3. The highest BCUT2D eigenvalue weighted by Crippen LogP contribution is 2.24. The van der Waals surface area contributed by atoms with Crippen LogP contribution in [-0.4, -0.2) is 16.1 Å². The van der Waals surface area contributed by atoms with Crippen molar-refractivity contribution < 1.29 is 0 Å². The van der Waals surface area contributed by atoms with Crippen molar-refractivity contribution in [3.05, 3.63) is 41.6 Å². The van der Waals surface area contributed by atoms with Gasteiger partial charge < -0.3 is 5.32 Å². The SMILES string of the molecule is CCCNc1snnc1CSCc1ccccc1. The summed E-state index contributed by atoms with van der Waals surface area (Å²) < 4.78 is 4.02. The minimum Gasteiger partial charge on any atom is -0.374 e. The van der Waals surface area contributed by atoms with Gasteiger partial charge >= 0.3 is 0 Å². The van der Waals surface area contributed by atoms with Gasteiger partial charge in [0.2, 0.25) is 0 Å². The summed E-state index contributed by atoms with van der Waals surface area (Å²) in [6, 6.07) is 10.5. The molecule has 5 heteroatoms. The van der Waals surface area contributed by atoms with Crippen molar-refractivity contribution in [1.29, 1.82) is 0 Å². The van der Waals surface area contributed by atoms with Crippen LogP contribution >= 0.6 is 23.3 Å². The molecule has 0 radical (unpaired) electrons. The van der Waals surface area contributed by atoms with Gasteiger partial charge in [-0.05, 0) is 12.0 Å². The molecule has 1 heterocycles. The van der Waals surface area contributed by atoms with Crippen molar-refractivity contribution in [3.63, 3.8) is 0 Å². The van der Waals surface area contributed by atoms with Crippen LogP contribution in [0.3, 0.4) is 0 Å². The molecule has 0 fully saturated rings. The number of hydrogen-bond acceptors (Lipinski definition) is 5. The number of rotatable bonds is 7. The van der Waals surface area contributed by atoms with E-state index in [1.807, 2.05) is 17.8 Å². The summed E-state index contributed by atoms with van der Waals surface area (Å²) in [5.74, 6) is 1.93. The van der Waals surface area contributed by atoms with Gasteiger partial charge in [-0.25, -0.2) is 0 Å². The van der Waals surface area contributed by atoms with Crippen LogP contribution in [0.5, 0.6) is 0 Å². The molecular formula is C13H17N3S2. The molecule has 1 aromatic heterocycles. The van der Waals surface area contributed by atoms with Crippen LogP contribution in [0.1, 0.15) is 24.6 Å². The van der Waals surface area contributed by atoms with Crippen LogP contribution in [0.15, 0.2) is 30.3 Å². The Bertz CT molecular complexity index is 456. The van der Waals surface area contributed by atoms with Gasteiger partial charge in [0.1, 0.15) is 10.7 Å². The number of thioether (sulfide) groups is 1. The fraction of sp³-hybridized carbons (Fsp3) is 0.385. The second-order valence-electron chi connectivity index (χ2n) is 3.95. The van der Waals surface area contributed by atoms with Crippen LogP contribution < -0.4 is 5.32 Å². The molecule has 1 aromatic carbocycles. The summed E-state index contributed by atoms with van der Waals surface area (Å²) in [7, 11) is 0. The van der Waals surface area contributed by atoms with Crippen molar-refractivity contribution in [2.45, 2.75) is 24.9 Å². The zero-order valence-corrected chi connectivity index (χ0v) is 12.1. The van der Waals surface area contributed by atoms with Crippen LogP contribution in [0.2, 0.25) is 0 Å². The van der Waals surface area contributed by atoms with E-state index in [1.165, 1.54) is 17.1 Å². The Labute approximate surface area is 116 Å². The summed E-state index contributed by atoms with van der Waals surface area (Å²) in [4.78, 5) is 0. The second kappa shape index (κ2) is 7.38. The summed E-state index contributed by atoms with van der Waals surface area (Å²) in [5.41, 5.74) is 2.43. The Morgan fingerprint density at radius 1 is 1.22 bits per heavy atom. The number of hydrogen-bond donors (Lipinski definition) is 1. The van der Waals surface area contributed by atoms with Crippen molar-refractivity contribution in [3.8, 4) is 0 Å². The first-order valence-corrected chi connectivity index (χ1v) is 7.99. The molecule has 2 aromatic rings. The molecule has 2 rings (SSSR count). The van der Waals surface area contributed by atoms with Gasteiger partial charge in [-0.15, -0.1) is 5.10 Å². The van der Waals surface area contributed by atoms with E-state index in [0.29, 0.717) is 0 Å². The van der Waals surface area contributed by atoms with Crippen LogP contribution in [0.25, 0.3) is 0 Å². The molecule has 0 amide bonds. The summed E-state index contributed by atoms with van der Waals surface area (Å²) in [5, 5.41) is 8.68. The molecule has 3 nitrogen and oxygen atoms in total. The third kappa shape index (κ3) is 3.99. The van der Waals surface area contributed by atoms with Gasteiger partial charge in [0.25, 0.3) is 0 Å². The van der Waals surface area contributed by atoms with Gasteiger partial charge in [-0.3, -0.25) is 0 Å². The second-order valence-corrected chi connectivity index (χ2v) is 5.69. The molecule has 0 spiro atoms. The van der Waals surface area contributed by atoms with E-state index in [1.54, 1.807) is 0 Å². The van der Waals surface area contributed by atoms with E-state index in [2.05, 4.69) is 46.1 Å². The summed E-state index contributed by atoms with van der Waals surface area (Å²) >= 11 is 3.33. The molecule has 0 bridgehead atoms. The molecule has 1 N–H and O–H groups in total. The number of benzene rings is 1. The van der Waals surface area contributed by atoms with Crippen LogP contribution in [-0.2, 0) is 11.5 Å². The van der Waals surface area contributed by atoms with Gasteiger partial charge in [0.05, 0.1) is 0 Å². The van der Waals surface area contributed by atoms with Gasteiger partial charge in [0, 0.05) is 29.6 Å². The van der Waals surface area contributed by atoms with Crippen LogP contribution in [0, 0.1) is 0 Å². The lowest BCUT2D eigenvalue weighted by molar-refractivity contribution is 0.976. The molecule has 0 saturated carbocycles. The van der Waals surface area contributed by atoms with E-state index in [-0.39, 0.29) is 0 Å². The highest BCUT2D eigenvalue weighted by molar-refractivity contribution is 7.97. The van der Waals surface area contributed by atoms with E-state index in [0.717, 1.165) is 35.2 Å². The molecule has 0 saturated heterocycles. The predicted octanol–water partition coefficient (Wildman–Crippen LogP) is 3.79. The molecule has 0 unspecified atom stereocenters. The Kier molecular flexibility index (Phi) is 5.48. The molecule has 0 aliphatic carbocycles. The third-order valence-electron chi connectivity index (χ3n) is 2.44. The largest absolute Gasteiger partial charge is 0.374 e. The fourth-order valence-corrected chi connectivity index (χ4v) is 3.14. The topological polar surface area (TPSA) is 37.8 Å². The summed E-state index contributed by atoms with van der Waals surface area (Å²) in [6.07, 6.45) is 1.12. The van der Waals surface area contributed by atoms with Crippen molar-refractivity contribution in [2.24, 2.45) is 0 Å². The van der Waals surface area contributed by atoms with Gasteiger partial charge in [0.15, 0.2) is 0 Å². The average Bonchev–Trinajstić information content (AvgIpc) is 2.85. The third-order valence-corrected chi connectivity index (χ3v) is 4.18. The van der Waals surface area contributed by atoms with E-state index in [4.69, 9.17) is 0 Å². The lowest BCUT2D eigenvalue weighted by Crippen LogP contribution is -2.00. The Hall–Kier alpha value is -1.07. The lowest BCUT2D eigenvalue weighted by Gasteiger charge is -2.03. The number of nitrogens with zero attached hydrogens (tertiary/aromatic N) is 2. The van der Waals surface area contributed by atoms with Crippen molar-refractivity contribution in [1.82, 2.24) is 9.59 Å². The zero-order chi connectivity index (χ0) is 12.6. The van der Waals surface area contributed by atoms with Gasteiger partial charge in [-0.1, -0.05) is 41.7 Å². The molecular weight excluding hydrogens is 262 g/mol. The molecule has 0 atom stereocenters. The van der Waals surface area contributed by atoms with Crippen LogP contribution in [0.4, 0.5) is 5.00 Å². The highest BCUT2D eigenvalue weighted by atomic mass is 32.2. The maximum absolute atomic E-state index is 4.19. The number of aromatic nitrogens is 2. The monoisotopic (exact) mass is 279 g/mol. The minimum atomic E-state index is 0.914. The smallest absolute Gasteiger partial charge is 0.134 e. The molecule has 0 aliphatic heterocycles. The van der Waals surface area contributed by atoms with Gasteiger partial charge in [-0.2, -0.15) is 11.8 Å². The molecule has 0 aliphatic rings. The normalized spacial score (nSPS) is 10.5. The Morgan fingerprint density at radius 2 is 2.06 bits per heavy atom. The number of anilines is 1. The zero-order valence-electron chi connectivity index (χ0n) is 10.4. The maximum Gasteiger partial charge on any atom is 0.134 e. The van der Waals surface area contributed by atoms with Crippen molar-refractivity contribution >= 4 is 28.3 Å². The fourth-order valence-electron chi connectivity index (χ4n) is 1.52. The molecule has 18 heavy (non-hydrogen) atoms.